The molecular weight excluding hydrogens is 354 g/mol. The van der Waals surface area contributed by atoms with Crippen LogP contribution in [0.2, 0.25) is 0 Å². The molecule has 0 radical (unpaired) electrons. The maximum absolute atomic E-state index is 12.3. The van der Waals surface area contributed by atoms with Gasteiger partial charge in [0, 0.05) is 12.1 Å². The fraction of sp³-hybridized carbons (Fsp3) is 0.0588. The highest BCUT2D eigenvalue weighted by Gasteiger charge is 2.21. The molecule has 0 aliphatic rings. The smallest absolute Gasteiger partial charge is 0.360 e. The number of H-pyrrole nitrogens is 1. The number of carbonyl (C=O) groups excluding carboxylic acids is 1. The van der Waals surface area contributed by atoms with Crippen molar-refractivity contribution in [2.24, 2.45) is 5.10 Å². The second-order valence-electron chi connectivity index (χ2n) is 5.30. The number of carbonyl (C=O) groups is 1. The number of anilines is 1. The molecule has 0 spiro atoms. The Bertz CT molecular complexity index is 1100. The number of hydrogen-bond donors (Lipinski definition) is 2. The third-order valence-corrected chi connectivity index (χ3v) is 3.58. The van der Waals surface area contributed by atoms with Crippen LogP contribution >= 0.6 is 0 Å². The standard InChI is InChI=1S/C17H13N5O5/c1-27-17(24)15(21-20-10-6-8-11(9-7-10)22(25)26)14-16(23)19-13-5-3-2-4-12(13)18-14/h2-9,20H,1H3,(H,19,23)/b21-15+. The number of esters is 1. The quantitative estimate of drug-likeness (QED) is 0.303. The number of methoxy groups -OCH3 is 1. The van der Waals surface area contributed by atoms with Crippen LogP contribution in [0.1, 0.15) is 5.69 Å². The number of hydrazone groups is 1. The average molecular weight is 367 g/mol. The average Bonchev–Trinajstić information content (AvgIpc) is 2.68. The van der Waals surface area contributed by atoms with E-state index in [0.29, 0.717) is 16.7 Å². The highest BCUT2D eigenvalue weighted by Crippen LogP contribution is 2.15. The number of para-hydroxylation sites is 2. The van der Waals surface area contributed by atoms with Crippen molar-refractivity contribution >= 4 is 34.1 Å². The summed E-state index contributed by atoms with van der Waals surface area (Å²) in [6.45, 7) is 0. The number of hydrogen-bond acceptors (Lipinski definition) is 8. The molecule has 3 rings (SSSR count). The van der Waals surface area contributed by atoms with E-state index in [4.69, 9.17) is 0 Å². The number of non-ortho nitro benzene ring substituents is 1. The van der Waals surface area contributed by atoms with Crippen LogP contribution in [0.4, 0.5) is 11.4 Å². The van der Waals surface area contributed by atoms with E-state index in [1.165, 1.54) is 24.3 Å². The van der Waals surface area contributed by atoms with Gasteiger partial charge in [-0.3, -0.25) is 20.3 Å². The van der Waals surface area contributed by atoms with Crippen LogP contribution in [0.5, 0.6) is 0 Å². The molecule has 1 heterocycles. The second-order valence-corrected chi connectivity index (χ2v) is 5.30. The molecule has 0 amide bonds. The van der Waals surface area contributed by atoms with Crippen molar-refractivity contribution in [1.29, 1.82) is 0 Å². The second kappa shape index (κ2) is 7.44. The van der Waals surface area contributed by atoms with Crippen LogP contribution in [0.25, 0.3) is 11.0 Å². The number of ether oxygens (including phenoxy) is 1. The summed E-state index contributed by atoms with van der Waals surface area (Å²) >= 11 is 0. The Balaban J connectivity index is 2.00. The van der Waals surface area contributed by atoms with Crippen molar-refractivity contribution in [1.82, 2.24) is 9.97 Å². The van der Waals surface area contributed by atoms with E-state index in [9.17, 15) is 19.7 Å². The van der Waals surface area contributed by atoms with E-state index in [-0.39, 0.29) is 17.1 Å². The Labute approximate surface area is 151 Å². The summed E-state index contributed by atoms with van der Waals surface area (Å²) in [6.07, 6.45) is 0. The van der Waals surface area contributed by atoms with Gasteiger partial charge in [0.25, 0.3) is 11.2 Å². The van der Waals surface area contributed by atoms with Crippen LogP contribution in [-0.2, 0) is 9.53 Å². The van der Waals surface area contributed by atoms with Gasteiger partial charge in [-0.1, -0.05) is 12.1 Å². The Morgan fingerprint density at radius 3 is 2.59 bits per heavy atom. The van der Waals surface area contributed by atoms with Crippen LogP contribution in [-0.4, -0.2) is 33.7 Å². The third kappa shape index (κ3) is 3.79. The zero-order valence-corrected chi connectivity index (χ0v) is 14.0. The Hall–Kier alpha value is -4.08. The van der Waals surface area contributed by atoms with E-state index in [0.717, 1.165) is 7.11 Å². The van der Waals surface area contributed by atoms with Gasteiger partial charge in [-0.15, -0.1) is 0 Å². The van der Waals surface area contributed by atoms with Crippen LogP contribution in [0.15, 0.2) is 58.4 Å². The number of nitro groups is 1. The summed E-state index contributed by atoms with van der Waals surface area (Å²) in [5, 5.41) is 14.6. The molecule has 27 heavy (non-hydrogen) atoms. The van der Waals surface area contributed by atoms with Gasteiger partial charge in [-0.2, -0.15) is 5.10 Å². The molecule has 1 aromatic heterocycles. The van der Waals surface area contributed by atoms with Crippen LogP contribution in [0.3, 0.4) is 0 Å². The minimum atomic E-state index is -0.863. The fourth-order valence-electron chi connectivity index (χ4n) is 2.26. The molecule has 136 valence electrons. The molecule has 0 saturated carbocycles. The van der Waals surface area contributed by atoms with Crippen molar-refractivity contribution in [3.63, 3.8) is 0 Å². The first-order valence-electron chi connectivity index (χ1n) is 7.65. The SMILES string of the molecule is COC(=O)/C(=N/Nc1ccc([N+](=O)[O-])cc1)c1nc2ccccc2[nH]c1=O. The van der Waals surface area contributed by atoms with Gasteiger partial charge >= 0.3 is 5.97 Å². The lowest BCUT2D eigenvalue weighted by atomic mass is 10.2. The summed E-state index contributed by atoms with van der Waals surface area (Å²) in [7, 11) is 1.15. The molecule has 0 aliphatic heterocycles. The number of fused-ring (bicyclic) bond motifs is 1. The van der Waals surface area contributed by atoms with Gasteiger partial charge in [-0.05, 0) is 24.3 Å². The molecule has 10 nitrogen and oxygen atoms in total. The first-order valence-corrected chi connectivity index (χ1v) is 7.65. The monoisotopic (exact) mass is 367 g/mol. The summed E-state index contributed by atoms with van der Waals surface area (Å²) < 4.78 is 4.68. The third-order valence-electron chi connectivity index (χ3n) is 3.58. The molecule has 0 aliphatic carbocycles. The van der Waals surface area contributed by atoms with Gasteiger partial charge in [0.15, 0.2) is 11.4 Å². The molecule has 0 atom stereocenters. The van der Waals surface area contributed by atoms with Gasteiger partial charge in [0.2, 0.25) is 0 Å². The van der Waals surface area contributed by atoms with Crippen LogP contribution < -0.4 is 11.0 Å². The highest BCUT2D eigenvalue weighted by molar-refractivity contribution is 6.42. The predicted octanol–water partition coefficient (Wildman–Crippen LogP) is 1.82. The predicted molar refractivity (Wildman–Crippen MR) is 97.6 cm³/mol. The van der Waals surface area contributed by atoms with Gasteiger partial charge < -0.3 is 9.72 Å². The van der Waals surface area contributed by atoms with Crippen molar-refractivity contribution < 1.29 is 14.5 Å². The van der Waals surface area contributed by atoms with Gasteiger partial charge in [-0.25, -0.2) is 9.78 Å². The number of benzene rings is 2. The van der Waals surface area contributed by atoms with E-state index in [1.54, 1.807) is 24.3 Å². The summed E-state index contributed by atoms with van der Waals surface area (Å²) in [4.78, 5) is 41.4. The maximum atomic E-state index is 12.3. The summed E-state index contributed by atoms with van der Waals surface area (Å²) in [5.41, 5.74) is 2.69. The first kappa shape index (κ1) is 17.7. The number of nitro benzene ring substituents is 1. The van der Waals surface area contributed by atoms with Crippen molar-refractivity contribution in [2.75, 3.05) is 12.5 Å². The number of nitrogens with one attached hydrogen (secondary N) is 2. The fourth-order valence-corrected chi connectivity index (χ4v) is 2.26. The first-order chi connectivity index (χ1) is 13.0. The highest BCUT2D eigenvalue weighted by atomic mass is 16.6. The molecule has 3 aromatic rings. The molecule has 0 bridgehead atoms. The Morgan fingerprint density at radius 1 is 1.22 bits per heavy atom. The minimum absolute atomic E-state index is 0.0923. The number of nitrogens with zero attached hydrogens (tertiary/aromatic N) is 3. The minimum Gasteiger partial charge on any atom is -0.464 e. The van der Waals surface area contributed by atoms with Crippen molar-refractivity contribution in [3.05, 3.63) is 74.7 Å². The molecule has 0 unspecified atom stereocenters. The molecular formula is C17H13N5O5. The number of rotatable bonds is 5. The van der Waals surface area contributed by atoms with Crippen LogP contribution in [0, 0.1) is 10.1 Å². The lowest BCUT2D eigenvalue weighted by Crippen LogP contribution is -2.28. The zero-order valence-electron chi connectivity index (χ0n) is 14.0. The lowest BCUT2D eigenvalue weighted by molar-refractivity contribution is -0.384. The number of aromatic amines is 1. The maximum Gasteiger partial charge on any atom is 0.360 e. The van der Waals surface area contributed by atoms with E-state index >= 15 is 0 Å². The van der Waals surface area contributed by atoms with Crippen molar-refractivity contribution in [2.45, 2.75) is 0 Å². The molecule has 0 fully saturated rings. The van der Waals surface area contributed by atoms with E-state index in [2.05, 4.69) is 25.2 Å². The molecule has 0 saturated heterocycles. The zero-order chi connectivity index (χ0) is 19.4. The molecule has 10 heteroatoms. The van der Waals surface area contributed by atoms with E-state index < -0.39 is 16.5 Å². The molecule has 2 aromatic carbocycles. The van der Waals surface area contributed by atoms with E-state index in [1.807, 2.05) is 0 Å². The van der Waals surface area contributed by atoms with Gasteiger partial charge in [0.1, 0.15) is 0 Å². The largest absolute Gasteiger partial charge is 0.464 e. The summed E-state index contributed by atoms with van der Waals surface area (Å²) in [6, 6.07) is 12.2. The number of aromatic nitrogens is 2. The molecule has 2 N–H and O–H groups in total. The Kier molecular flexibility index (Phi) is 4.88. The van der Waals surface area contributed by atoms with Gasteiger partial charge in [0.05, 0.1) is 28.8 Å². The lowest BCUT2D eigenvalue weighted by Gasteiger charge is -2.06. The topological polar surface area (TPSA) is 140 Å². The normalized spacial score (nSPS) is 11.2. The van der Waals surface area contributed by atoms with Crippen molar-refractivity contribution in [3.8, 4) is 0 Å². The Morgan fingerprint density at radius 2 is 1.93 bits per heavy atom. The summed E-state index contributed by atoms with van der Waals surface area (Å²) in [5.74, 6) is -0.863.